The molecule has 0 bridgehead atoms. The number of thiazole rings is 1. The molecule has 0 saturated carbocycles. The summed E-state index contributed by atoms with van der Waals surface area (Å²) >= 11 is 1.29. The zero-order chi connectivity index (χ0) is 22.2. The van der Waals surface area contributed by atoms with Crippen LogP contribution < -0.4 is 10.0 Å². The molecule has 0 aliphatic heterocycles. The predicted octanol–water partition coefficient (Wildman–Crippen LogP) is 5.27. The molecule has 0 unspecified atom stereocenters. The summed E-state index contributed by atoms with van der Waals surface area (Å²) in [5.74, 6) is -0.245. The van der Waals surface area contributed by atoms with Crippen LogP contribution in [0.2, 0.25) is 0 Å². The van der Waals surface area contributed by atoms with E-state index in [0.29, 0.717) is 27.5 Å². The van der Waals surface area contributed by atoms with Crippen molar-refractivity contribution >= 4 is 48.3 Å². The Hall–Kier alpha value is -3.23. The minimum atomic E-state index is -3.74. The third-order valence-corrected chi connectivity index (χ3v) is 7.43. The van der Waals surface area contributed by atoms with Crippen LogP contribution in [0.4, 0.5) is 10.8 Å². The van der Waals surface area contributed by atoms with E-state index in [1.54, 1.807) is 55.5 Å². The standard InChI is InChI=1S/C23H21N3O3S2/c1-14-11-16(3)21(12-15(14)2)31(28,29)26-18-9-10-19-20(13-18)30-23(24-19)25-22(27)17-7-5-4-6-8-17/h4-13,26H,1-3H3,(H,24,25,27). The fraction of sp³-hybridized carbons (Fsp3) is 0.130. The van der Waals surface area contributed by atoms with Gasteiger partial charge in [0, 0.05) is 5.56 Å². The number of carbonyl (C=O) groups is 1. The van der Waals surface area contributed by atoms with Crippen molar-refractivity contribution in [1.82, 2.24) is 4.98 Å². The molecule has 1 aromatic heterocycles. The molecule has 8 heteroatoms. The number of aromatic nitrogens is 1. The first kappa shape index (κ1) is 21.0. The van der Waals surface area contributed by atoms with Crippen molar-refractivity contribution in [2.75, 3.05) is 10.0 Å². The highest BCUT2D eigenvalue weighted by Crippen LogP contribution is 2.30. The van der Waals surface area contributed by atoms with E-state index < -0.39 is 10.0 Å². The Kier molecular flexibility index (Phi) is 5.51. The second-order valence-electron chi connectivity index (χ2n) is 7.33. The highest BCUT2D eigenvalue weighted by molar-refractivity contribution is 7.92. The Balaban J connectivity index is 1.58. The molecular weight excluding hydrogens is 430 g/mol. The minimum Gasteiger partial charge on any atom is -0.298 e. The van der Waals surface area contributed by atoms with E-state index in [9.17, 15) is 13.2 Å². The lowest BCUT2D eigenvalue weighted by Crippen LogP contribution is -2.14. The largest absolute Gasteiger partial charge is 0.298 e. The van der Waals surface area contributed by atoms with Crippen molar-refractivity contribution in [2.45, 2.75) is 25.7 Å². The summed E-state index contributed by atoms with van der Waals surface area (Å²) < 4.78 is 29.3. The SMILES string of the molecule is Cc1cc(C)c(S(=O)(=O)Nc2ccc3nc(NC(=O)c4ccccc4)sc3c2)cc1C. The second kappa shape index (κ2) is 8.13. The van der Waals surface area contributed by atoms with Gasteiger partial charge in [-0.1, -0.05) is 35.6 Å². The number of aryl methyl sites for hydroxylation is 3. The van der Waals surface area contributed by atoms with E-state index in [-0.39, 0.29) is 10.8 Å². The minimum absolute atomic E-state index is 0.245. The molecule has 158 valence electrons. The lowest BCUT2D eigenvalue weighted by atomic mass is 10.1. The van der Waals surface area contributed by atoms with Crippen molar-refractivity contribution in [3.05, 3.63) is 82.9 Å². The number of nitrogens with zero attached hydrogens (tertiary/aromatic N) is 1. The summed E-state index contributed by atoms with van der Waals surface area (Å²) in [7, 11) is -3.74. The van der Waals surface area contributed by atoms with Crippen LogP contribution in [0.15, 0.2) is 65.6 Å². The van der Waals surface area contributed by atoms with Crippen LogP contribution >= 0.6 is 11.3 Å². The fourth-order valence-corrected chi connectivity index (χ4v) is 5.50. The molecule has 0 saturated heterocycles. The van der Waals surface area contributed by atoms with Crippen molar-refractivity contribution < 1.29 is 13.2 Å². The summed E-state index contributed by atoms with van der Waals surface area (Å²) in [6.07, 6.45) is 0. The molecule has 1 amide bonds. The average Bonchev–Trinajstić information content (AvgIpc) is 3.12. The number of anilines is 2. The second-order valence-corrected chi connectivity index (χ2v) is 10.0. The number of benzene rings is 3. The van der Waals surface area contributed by atoms with Crippen LogP contribution in [0.1, 0.15) is 27.0 Å². The first-order valence-electron chi connectivity index (χ1n) is 9.60. The van der Waals surface area contributed by atoms with E-state index in [1.165, 1.54) is 11.3 Å². The Morgan fingerprint density at radius 3 is 2.35 bits per heavy atom. The van der Waals surface area contributed by atoms with Crippen molar-refractivity contribution in [1.29, 1.82) is 0 Å². The molecule has 0 fully saturated rings. The molecule has 0 atom stereocenters. The molecule has 4 aromatic rings. The first-order chi connectivity index (χ1) is 14.7. The van der Waals surface area contributed by atoms with Gasteiger partial charge in [0.2, 0.25) is 0 Å². The Labute approximate surface area is 185 Å². The smallest absolute Gasteiger partial charge is 0.262 e. The maximum Gasteiger partial charge on any atom is 0.262 e. The lowest BCUT2D eigenvalue weighted by molar-refractivity contribution is 0.102. The number of amides is 1. The topological polar surface area (TPSA) is 88.2 Å². The zero-order valence-corrected chi connectivity index (χ0v) is 18.9. The quantitative estimate of drug-likeness (QED) is 0.432. The molecule has 0 aliphatic rings. The molecule has 31 heavy (non-hydrogen) atoms. The molecule has 0 spiro atoms. The zero-order valence-electron chi connectivity index (χ0n) is 17.3. The van der Waals surface area contributed by atoms with Gasteiger partial charge < -0.3 is 0 Å². The lowest BCUT2D eigenvalue weighted by Gasteiger charge is -2.12. The number of nitrogens with one attached hydrogen (secondary N) is 2. The molecule has 4 rings (SSSR count). The van der Waals surface area contributed by atoms with Crippen molar-refractivity contribution in [3.8, 4) is 0 Å². The van der Waals surface area contributed by atoms with Crippen molar-refractivity contribution in [3.63, 3.8) is 0 Å². The Morgan fingerprint density at radius 1 is 0.903 bits per heavy atom. The number of hydrogen-bond acceptors (Lipinski definition) is 5. The molecular formula is C23H21N3O3S2. The van der Waals surface area contributed by atoms with Gasteiger partial charge in [-0.15, -0.1) is 0 Å². The predicted molar refractivity (Wildman–Crippen MR) is 125 cm³/mol. The highest BCUT2D eigenvalue weighted by atomic mass is 32.2. The number of hydrogen-bond donors (Lipinski definition) is 2. The average molecular weight is 452 g/mol. The number of carbonyl (C=O) groups excluding carboxylic acids is 1. The van der Waals surface area contributed by atoms with Crippen LogP contribution in [0.25, 0.3) is 10.2 Å². The molecule has 1 heterocycles. The van der Waals surface area contributed by atoms with Gasteiger partial charge in [-0.05, 0) is 73.9 Å². The van der Waals surface area contributed by atoms with E-state index >= 15 is 0 Å². The summed E-state index contributed by atoms with van der Waals surface area (Å²) in [5, 5.41) is 3.24. The third kappa shape index (κ3) is 4.45. The van der Waals surface area contributed by atoms with Crippen LogP contribution in [-0.2, 0) is 10.0 Å². The summed E-state index contributed by atoms with van der Waals surface area (Å²) in [5.41, 5.74) is 4.32. The molecule has 2 N–H and O–H groups in total. The highest BCUT2D eigenvalue weighted by Gasteiger charge is 2.19. The van der Waals surface area contributed by atoms with Gasteiger partial charge in [0.15, 0.2) is 5.13 Å². The van der Waals surface area contributed by atoms with Gasteiger partial charge >= 0.3 is 0 Å². The van der Waals surface area contributed by atoms with E-state index in [1.807, 2.05) is 26.0 Å². The number of sulfonamides is 1. The molecule has 3 aromatic carbocycles. The fourth-order valence-electron chi connectivity index (χ4n) is 3.23. The summed E-state index contributed by atoms with van der Waals surface area (Å²) in [6.45, 7) is 5.63. The van der Waals surface area contributed by atoms with Gasteiger partial charge in [-0.2, -0.15) is 0 Å². The van der Waals surface area contributed by atoms with Crippen LogP contribution in [0.5, 0.6) is 0 Å². The number of rotatable bonds is 5. The first-order valence-corrected chi connectivity index (χ1v) is 11.9. The third-order valence-electron chi connectivity index (χ3n) is 4.98. The maximum atomic E-state index is 12.9. The van der Waals surface area contributed by atoms with E-state index in [4.69, 9.17) is 0 Å². The Morgan fingerprint density at radius 2 is 1.61 bits per heavy atom. The molecule has 0 radical (unpaired) electrons. The Bertz CT molecular complexity index is 1390. The molecule has 0 aliphatic carbocycles. The maximum absolute atomic E-state index is 12.9. The van der Waals surface area contributed by atoms with Gasteiger partial charge in [0.05, 0.1) is 20.8 Å². The molecule has 6 nitrogen and oxygen atoms in total. The van der Waals surface area contributed by atoms with Crippen LogP contribution in [0, 0.1) is 20.8 Å². The van der Waals surface area contributed by atoms with E-state index in [2.05, 4.69) is 15.0 Å². The van der Waals surface area contributed by atoms with Gasteiger partial charge in [-0.3, -0.25) is 14.8 Å². The van der Waals surface area contributed by atoms with Crippen LogP contribution in [0.3, 0.4) is 0 Å². The number of fused-ring (bicyclic) bond motifs is 1. The van der Waals surface area contributed by atoms with Gasteiger partial charge in [0.25, 0.3) is 15.9 Å². The van der Waals surface area contributed by atoms with Crippen LogP contribution in [-0.4, -0.2) is 19.3 Å². The normalized spacial score (nSPS) is 11.5. The van der Waals surface area contributed by atoms with E-state index in [0.717, 1.165) is 15.8 Å². The van der Waals surface area contributed by atoms with Gasteiger partial charge in [-0.25, -0.2) is 13.4 Å². The monoisotopic (exact) mass is 451 g/mol. The summed E-state index contributed by atoms with van der Waals surface area (Å²) in [6, 6.07) is 17.6. The van der Waals surface area contributed by atoms with Gasteiger partial charge in [0.1, 0.15) is 0 Å². The van der Waals surface area contributed by atoms with Crippen molar-refractivity contribution in [2.24, 2.45) is 0 Å². The summed E-state index contributed by atoms with van der Waals surface area (Å²) in [4.78, 5) is 17.0.